The summed E-state index contributed by atoms with van der Waals surface area (Å²) in [5.41, 5.74) is 2.08. The maximum absolute atomic E-state index is 13.2. The zero-order valence-corrected chi connectivity index (χ0v) is 18.3. The van der Waals surface area contributed by atoms with Crippen LogP contribution in [0.2, 0.25) is 0 Å². The first-order valence-corrected chi connectivity index (χ1v) is 10.7. The quantitative estimate of drug-likeness (QED) is 0.429. The Labute approximate surface area is 184 Å². The average Bonchev–Trinajstić information content (AvgIpc) is 2.80. The van der Waals surface area contributed by atoms with Crippen LogP contribution >= 0.6 is 0 Å². The van der Waals surface area contributed by atoms with Crippen molar-refractivity contribution in [3.8, 4) is 0 Å². The SMILES string of the molecule is CC(C)N(C(=O)c1ccccc1)C(C)CC(OC(=O)c1ccccc1)c1ccccc1. The van der Waals surface area contributed by atoms with Crippen LogP contribution in [0, 0.1) is 0 Å². The molecule has 3 rings (SSSR count). The summed E-state index contributed by atoms with van der Waals surface area (Å²) in [6, 6.07) is 27.8. The fourth-order valence-corrected chi connectivity index (χ4v) is 3.79. The number of benzene rings is 3. The molecule has 2 unspecified atom stereocenters. The van der Waals surface area contributed by atoms with Gasteiger partial charge >= 0.3 is 5.97 Å². The van der Waals surface area contributed by atoms with Crippen LogP contribution in [0.15, 0.2) is 91.0 Å². The highest BCUT2D eigenvalue weighted by molar-refractivity contribution is 5.94. The second-order valence-electron chi connectivity index (χ2n) is 7.93. The highest BCUT2D eigenvalue weighted by Gasteiger charge is 2.28. The molecule has 4 heteroatoms. The van der Waals surface area contributed by atoms with Crippen molar-refractivity contribution in [2.75, 3.05) is 0 Å². The predicted octanol–water partition coefficient (Wildman–Crippen LogP) is 5.91. The summed E-state index contributed by atoms with van der Waals surface area (Å²) >= 11 is 0. The van der Waals surface area contributed by atoms with Crippen molar-refractivity contribution in [2.45, 2.75) is 45.4 Å². The summed E-state index contributed by atoms with van der Waals surface area (Å²) < 4.78 is 5.93. The van der Waals surface area contributed by atoms with Crippen LogP contribution in [-0.2, 0) is 4.74 Å². The number of esters is 1. The second-order valence-corrected chi connectivity index (χ2v) is 7.93. The Morgan fingerprint density at radius 1 is 0.742 bits per heavy atom. The molecule has 0 N–H and O–H groups in total. The molecular weight excluding hydrogens is 386 g/mol. The van der Waals surface area contributed by atoms with Gasteiger partial charge in [0.15, 0.2) is 0 Å². The van der Waals surface area contributed by atoms with Crippen molar-refractivity contribution in [2.24, 2.45) is 0 Å². The number of ether oxygens (including phenoxy) is 1. The Balaban J connectivity index is 1.83. The monoisotopic (exact) mass is 415 g/mol. The molecule has 31 heavy (non-hydrogen) atoms. The Bertz CT molecular complexity index is 971. The topological polar surface area (TPSA) is 46.6 Å². The lowest BCUT2D eigenvalue weighted by atomic mass is 10.00. The molecule has 0 aliphatic carbocycles. The van der Waals surface area contributed by atoms with Gasteiger partial charge in [-0.2, -0.15) is 0 Å². The first-order chi connectivity index (χ1) is 15.0. The van der Waals surface area contributed by atoms with Gasteiger partial charge in [0.25, 0.3) is 5.91 Å². The molecule has 0 aromatic heterocycles. The van der Waals surface area contributed by atoms with E-state index in [1.54, 1.807) is 12.1 Å². The molecule has 0 aliphatic heterocycles. The average molecular weight is 416 g/mol. The summed E-state index contributed by atoms with van der Waals surface area (Å²) in [7, 11) is 0. The minimum atomic E-state index is -0.464. The molecule has 160 valence electrons. The number of hydrogen-bond acceptors (Lipinski definition) is 3. The van der Waals surface area contributed by atoms with E-state index in [4.69, 9.17) is 4.74 Å². The van der Waals surface area contributed by atoms with Gasteiger partial charge in [0.1, 0.15) is 6.10 Å². The van der Waals surface area contributed by atoms with E-state index >= 15 is 0 Å². The van der Waals surface area contributed by atoms with Gasteiger partial charge in [-0.3, -0.25) is 4.79 Å². The molecule has 2 atom stereocenters. The molecule has 0 heterocycles. The molecule has 0 saturated heterocycles. The summed E-state index contributed by atoms with van der Waals surface area (Å²) in [5.74, 6) is -0.392. The third kappa shape index (κ3) is 5.82. The van der Waals surface area contributed by atoms with Crippen LogP contribution in [0.1, 0.15) is 59.6 Å². The number of nitrogens with zero attached hydrogens (tertiary/aromatic N) is 1. The number of rotatable bonds is 8. The largest absolute Gasteiger partial charge is 0.454 e. The summed E-state index contributed by atoms with van der Waals surface area (Å²) in [6.45, 7) is 6.02. The first kappa shape index (κ1) is 22.3. The zero-order valence-electron chi connectivity index (χ0n) is 18.3. The molecule has 3 aromatic carbocycles. The Morgan fingerprint density at radius 3 is 1.74 bits per heavy atom. The molecular formula is C27H29NO3. The van der Waals surface area contributed by atoms with E-state index in [1.165, 1.54) is 0 Å². The van der Waals surface area contributed by atoms with Crippen molar-refractivity contribution < 1.29 is 14.3 Å². The van der Waals surface area contributed by atoms with Gasteiger partial charge in [-0.05, 0) is 50.6 Å². The van der Waals surface area contributed by atoms with Gasteiger partial charge in [0, 0.05) is 24.1 Å². The molecule has 0 spiro atoms. The highest BCUT2D eigenvalue weighted by Crippen LogP contribution is 2.27. The third-order valence-corrected chi connectivity index (χ3v) is 5.27. The summed E-state index contributed by atoms with van der Waals surface area (Å²) in [4.78, 5) is 27.8. The number of carbonyl (C=O) groups excluding carboxylic acids is 2. The lowest BCUT2D eigenvalue weighted by Gasteiger charge is -2.35. The van der Waals surface area contributed by atoms with Crippen LogP contribution in [-0.4, -0.2) is 28.9 Å². The van der Waals surface area contributed by atoms with Gasteiger partial charge in [0.05, 0.1) is 5.56 Å². The summed E-state index contributed by atoms with van der Waals surface area (Å²) in [6.07, 6.45) is 0.0352. The van der Waals surface area contributed by atoms with E-state index in [2.05, 4.69) is 0 Å². The van der Waals surface area contributed by atoms with E-state index in [-0.39, 0.29) is 24.0 Å². The lowest BCUT2D eigenvalue weighted by Crippen LogP contribution is -2.44. The van der Waals surface area contributed by atoms with E-state index in [0.717, 1.165) is 5.56 Å². The minimum absolute atomic E-state index is 0.00366. The van der Waals surface area contributed by atoms with E-state index in [9.17, 15) is 9.59 Å². The van der Waals surface area contributed by atoms with Gasteiger partial charge < -0.3 is 9.64 Å². The smallest absolute Gasteiger partial charge is 0.338 e. The highest BCUT2D eigenvalue weighted by atomic mass is 16.5. The number of amides is 1. The molecule has 0 aliphatic rings. The van der Waals surface area contributed by atoms with Gasteiger partial charge in [-0.25, -0.2) is 4.79 Å². The predicted molar refractivity (Wildman–Crippen MR) is 123 cm³/mol. The molecule has 1 amide bonds. The maximum atomic E-state index is 13.2. The Kier molecular flexibility index (Phi) is 7.60. The molecule has 4 nitrogen and oxygen atoms in total. The molecule has 0 fully saturated rings. The van der Waals surface area contributed by atoms with Gasteiger partial charge in [-0.1, -0.05) is 66.7 Å². The van der Waals surface area contributed by atoms with Crippen LogP contribution in [0.4, 0.5) is 0 Å². The number of carbonyl (C=O) groups is 2. The van der Waals surface area contributed by atoms with E-state index < -0.39 is 6.10 Å². The Hall–Kier alpha value is -3.40. The fraction of sp³-hybridized carbons (Fsp3) is 0.259. The van der Waals surface area contributed by atoms with Crippen molar-refractivity contribution in [3.63, 3.8) is 0 Å². The molecule has 3 aromatic rings. The van der Waals surface area contributed by atoms with Crippen molar-refractivity contribution in [1.29, 1.82) is 0 Å². The lowest BCUT2D eigenvalue weighted by molar-refractivity contribution is 0.0182. The second kappa shape index (κ2) is 10.6. The van der Waals surface area contributed by atoms with E-state index in [0.29, 0.717) is 17.5 Å². The Morgan fingerprint density at radius 2 is 1.23 bits per heavy atom. The minimum Gasteiger partial charge on any atom is -0.454 e. The first-order valence-electron chi connectivity index (χ1n) is 10.7. The van der Waals surface area contributed by atoms with Gasteiger partial charge in [0.2, 0.25) is 0 Å². The standard InChI is InChI=1S/C27H29NO3/c1-20(2)28(26(29)23-15-9-5-10-16-23)21(3)19-25(22-13-7-4-8-14-22)31-27(30)24-17-11-6-12-18-24/h4-18,20-21,25H,19H2,1-3H3. The van der Waals surface area contributed by atoms with Crippen LogP contribution < -0.4 is 0 Å². The molecule has 0 radical (unpaired) electrons. The fourth-order valence-electron chi connectivity index (χ4n) is 3.79. The molecule has 0 saturated carbocycles. The van der Waals surface area contributed by atoms with Crippen LogP contribution in [0.5, 0.6) is 0 Å². The van der Waals surface area contributed by atoms with Gasteiger partial charge in [-0.15, -0.1) is 0 Å². The maximum Gasteiger partial charge on any atom is 0.338 e. The number of hydrogen-bond donors (Lipinski definition) is 0. The molecule has 0 bridgehead atoms. The third-order valence-electron chi connectivity index (χ3n) is 5.27. The van der Waals surface area contributed by atoms with Crippen molar-refractivity contribution in [1.82, 2.24) is 4.90 Å². The van der Waals surface area contributed by atoms with E-state index in [1.807, 2.05) is 105 Å². The normalized spacial score (nSPS) is 12.8. The summed E-state index contributed by atoms with van der Waals surface area (Å²) in [5, 5.41) is 0. The van der Waals surface area contributed by atoms with Crippen molar-refractivity contribution in [3.05, 3.63) is 108 Å². The van der Waals surface area contributed by atoms with Crippen LogP contribution in [0.3, 0.4) is 0 Å². The van der Waals surface area contributed by atoms with Crippen LogP contribution in [0.25, 0.3) is 0 Å². The zero-order chi connectivity index (χ0) is 22.2. The van der Waals surface area contributed by atoms with Crippen molar-refractivity contribution >= 4 is 11.9 Å².